The lowest BCUT2D eigenvalue weighted by Gasteiger charge is -2.16. The van der Waals surface area contributed by atoms with Gasteiger partial charge in [0.05, 0.1) is 12.5 Å². The van der Waals surface area contributed by atoms with E-state index in [9.17, 15) is 4.79 Å². The van der Waals surface area contributed by atoms with Gasteiger partial charge in [-0.25, -0.2) is 0 Å². The van der Waals surface area contributed by atoms with E-state index < -0.39 is 0 Å². The largest absolute Gasteiger partial charge is 0.465 e. The third kappa shape index (κ3) is 1.71. The molecule has 3 heteroatoms. The summed E-state index contributed by atoms with van der Waals surface area (Å²) in [5.74, 6) is 0.556. The number of rotatable bonds is 2. The Bertz CT molecular complexity index is 390. The molecule has 3 rings (SSSR count). The summed E-state index contributed by atoms with van der Waals surface area (Å²) >= 11 is 0. The summed E-state index contributed by atoms with van der Waals surface area (Å²) in [4.78, 5) is 13.8. The molecule has 16 heavy (non-hydrogen) atoms. The first kappa shape index (κ1) is 9.85. The summed E-state index contributed by atoms with van der Waals surface area (Å²) in [6, 6.07) is 10.4. The highest BCUT2D eigenvalue weighted by Crippen LogP contribution is 2.30. The fraction of sp³-hybridized carbons (Fsp3) is 0.462. The highest BCUT2D eigenvalue weighted by atomic mass is 16.5. The zero-order chi connectivity index (χ0) is 11.0. The second kappa shape index (κ2) is 3.91. The molecule has 2 aliphatic rings. The molecule has 2 saturated heterocycles. The van der Waals surface area contributed by atoms with Crippen molar-refractivity contribution >= 4 is 5.97 Å². The number of hydrogen-bond donors (Lipinski definition) is 0. The summed E-state index contributed by atoms with van der Waals surface area (Å²) < 4.78 is 5.05. The average Bonchev–Trinajstić information content (AvgIpc) is 2.83. The molecular formula is C13H15NO2. The predicted molar refractivity (Wildman–Crippen MR) is 59.7 cm³/mol. The Balaban J connectivity index is 1.65. The van der Waals surface area contributed by atoms with E-state index in [1.54, 1.807) is 0 Å². The van der Waals surface area contributed by atoms with Crippen molar-refractivity contribution in [2.75, 3.05) is 19.7 Å². The van der Waals surface area contributed by atoms with Crippen LogP contribution in [0.4, 0.5) is 0 Å². The van der Waals surface area contributed by atoms with Crippen LogP contribution in [0.15, 0.2) is 30.3 Å². The maximum Gasteiger partial charge on any atom is 0.310 e. The van der Waals surface area contributed by atoms with Crippen molar-refractivity contribution in [1.29, 1.82) is 0 Å². The molecule has 1 aromatic carbocycles. The quantitative estimate of drug-likeness (QED) is 0.699. The minimum absolute atomic E-state index is 0.000520. The fourth-order valence-electron chi connectivity index (χ4n) is 2.66. The number of carbonyl (C=O) groups excluding carboxylic acids is 1. The molecule has 0 spiro atoms. The van der Waals surface area contributed by atoms with Crippen molar-refractivity contribution in [3.63, 3.8) is 0 Å². The van der Waals surface area contributed by atoms with Crippen LogP contribution in [0.3, 0.4) is 0 Å². The van der Waals surface area contributed by atoms with Gasteiger partial charge in [-0.3, -0.25) is 9.69 Å². The fourth-order valence-corrected chi connectivity index (χ4v) is 2.66. The lowest BCUT2D eigenvalue weighted by Crippen LogP contribution is -2.23. The third-order valence-corrected chi connectivity index (χ3v) is 3.51. The van der Waals surface area contributed by atoms with Crippen LogP contribution in [0.1, 0.15) is 5.56 Å². The van der Waals surface area contributed by atoms with Gasteiger partial charge in [0.25, 0.3) is 0 Å². The van der Waals surface area contributed by atoms with Crippen LogP contribution in [0.25, 0.3) is 0 Å². The smallest absolute Gasteiger partial charge is 0.310 e. The topological polar surface area (TPSA) is 29.5 Å². The van der Waals surface area contributed by atoms with Crippen LogP contribution in [0.5, 0.6) is 0 Å². The lowest BCUT2D eigenvalue weighted by atomic mass is 10.0. The number of ether oxygens (including phenoxy) is 1. The van der Waals surface area contributed by atoms with E-state index in [2.05, 4.69) is 29.2 Å². The van der Waals surface area contributed by atoms with Crippen molar-refractivity contribution < 1.29 is 9.53 Å². The van der Waals surface area contributed by atoms with Gasteiger partial charge in [0, 0.05) is 25.6 Å². The Morgan fingerprint density at radius 2 is 2.06 bits per heavy atom. The van der Waals surface area contributed by atoms with E-state index in [4.69, 9.17) is 4.74 Å². The number of nitrogens with zero attached hydrogens (tertiary/aromatic N) is 1. The Morgan fingerprint density at radius 1 is 1.25 bits per heavy atom. The van der Waals surface area contributed by atoms with Crippen LogP contribution in [0, 0.1) is 11.8 Å². The van der Waals surface area contributed by atoms with Crippen LogP contribution in [-0.4, -0.2) is 30.6 Å². The van der Waals surface area contributed by atoms with Gasteiger partial charge < -0.3 is 4.74 Å². The standard InChI is InChI=1S/C13H15NO2/c15-13-12-8-14(7-11(12)9-16-13)6-10-4-2-1-3-5-10/h1-5,11-12H,6-9H2/t11-,12+/m1/s1. The van der Waals surface area contributed by atoms with E-state index in [0.29, 0.717) is 12.5 Å². The lowest BCUT2D eigenvalue weighted by molar-refractivity contribution is -0.141. The molecule has 2 aliphatic heterocycles. The number of cyclic esters (lactones) is 1. The molecule has 0 aliphatic carbocycles. The van der Waals surface area contributed by atoms with Gasteiger partial charge in [-0.15, -0.1) is 0 Å². The number of hydrogen-bond acceptors (Lipinski definition) is 3. The zero-order valence-corrected chi connectivity index (χ0v) is 9.13. The van der Waals surface area contributed by atoms with E-state index in [1.807, 2.05) is 6.07 Å². The molecule has 0 aromatic heterocycles. The number of esters is 1. The summed E-state index contributed by atoms with van der Waals surface area (Å²) in [7, 11) is 0. The first-order valence-corrected chi connectivity index (χ1v) is 5.76. The van der Waals surface area contributed by atoms with Gasteiger partial charge in [-0.1, -0.05) is 30.3 Å². The number of fused-ring (bicyclic) bond motifs is 1. The minimum atomic E-state index is 0.000520. The molecule has 0 radical (unpaired) electrons. The number of likely N-dealkylation sites (tertiary alicyclic amines) is 1. The monoisotopic (exact) mass is 217 g/mol. The maximum absolute atomic E-state index is 11.4. The third-order valence-electron chi connectivity index (χ3n) is 3.51. The van der Waals surface area contributed by atoms with Crippen LogP contribution in [0.2, 0.25) is 0 Å². The zero-order valence-electron chi connectivity index (χ0n) is 9.13. The van der Waals surface area contributed by atoms with E-state index in [-0.39, 0.29) is 11.9 Å². The van der Waals surface area contributed by atoms with Crippen molar-refractivity contribution in [1.82, 2.24) is 4.90 Å². The first-order chi connectivity index (χ1) is 7.83. The second-order valence-corrected chi connectivity index (χ2v) is 4.68. The molecule has 2 atom stereocenters. The van der Waals surface area contributed by atoms with Crippen molar-refractivity contribution in [2.45, 2.75) is 6.54 Å². The van der Waals surface area contributed by atoms with Crippen LogP contribution in [-0.2, 0) is 16.1 Å². The predicted octanol–water partition coefficient (Wildman–Crippen LogP) is 1.29. The molecular weight excluding hydrogens is 202 g/mol. The van der Waals surface area contributed by atoms with E-state index in [0.717, 1.165) is 19.6 Å². The van der Waals surface area contributed by atoms with Gasteiger partial charge in [-0.2, -0.15) is 0 Å². The van der Waals surface area contributed by atoms with Gasteiger partial charge in [0.1, 0.15) is 0 Å². The Labute approximate surface area is 95.0 Å². The second-order valence-electron chi connectivity index (χ2n) is 4.68. The number of carbonyl (C=O) groups is 1. The normalized spacial score (nSPS) is 29.1. The summed E-state index contributed by atoms with van der Waals surface area (Å²) in [6.45, 7) is 3.42. The number of benzene rings is 1. The highest BCUT2D eigenvalue weighted by Gasteiger charge is 2.43. The molecule has 3 nitrogen and oxygen atoms in total. The Kier molecular flexibility index (Phi) is 2.40. The summed E-state index contributed by atoms with van der Waals surface area (Å²) in [5, 5.41) is 0. The SMILES string of the molecule is O=C1OC[C@H]2CN(Cc3ccccc3)C[C@H]12. The van der Waals surface area contributed by atoms with Gasteiger partial charge in [-0.05, 0) is 5.56 Å². The molecule has 0 N–H and O–H groups in total. The van der Waals surface area contributed by atoms with Gasteiger partial charge >= 0.3 is 5.97 Å². The Hall–Kier alpha value is -1.35. The van der Waals surface area contributed by atoms with E-state index in [1.165, 1.54) is 5.56 Å². The first-order valence-electron chi connectivity index (χ1n) is 5.76. The molecule has 2 fully saturated rings. The van der Waals surface area contributed by atoms with Gasteiger partial charge in [0.2, 0.25) is 0 Å². The molecule has 0 bridgehead atoms. The Morgan fingerprint density at radius 3 is 2.81 bits per heavy atom. The molecule has 0 saturated carbocycles. The van der Waals surface area contributed by atoms with Gasteiger partial charge in [0.15, 0.2) is 0 Å². The molecule has 1 aromatic rings. The van der Waals surface area contributed by atoms with Crippen LogP contribution >= 0.6 is 0 Å². The molecule has 0 amide bonds. The molecule has 84 valence electrons. The highest BCUT2D eigenvalue weighted by molar-refractivity contribution is 5.75. The van der Waals surface area contributed by atoms with E-state index >= 15 is 0 Å². The maximum atomic E-state index is 11.4. The molecule has 0 unspecified atom stereocenters. The summed E-state index contributed by atoms with van der Waals surface area (Å²) in [5.41, 5.74) is 1.32. The van der Waals surface area contributed by atoms with Crippen molar-refractivity contribution in [2.24, 2.45) is 11.8 Å². The molecule has 2 heterocycles. The minimum Gasteiger partial charge on any atom is -0.465 e. The summed E-state index contributed by atoms with van der Waals surface area (Å²) in [6.07, 6.45) is 0. The van der Waals surface area contributed by atoms with Crippen molar-refractivity contribution in [3.8, 4) is 0 Å². The average molecular weight is 217 g/mol. The van der Waals surface area contributed by atoms with Crippen LogP contribution < -0.4 is 0 Å². The van der Waals surface area contributed by atoms with Crippen molar-refractivity contribution in [3.05, 3.63) is 35.9 Å².